The molecule has 0 spiro atoms. The molecule has 318 valence electrons. The predicted molar refractivity (Wildman–Crippen MR) is 219 cm³/mol. The molecule has 5 aromatic carbocycles. The highest BCUT2D eigenvalue weighted by Gasteiger charge is 2.54. The van der Waals surface area contributed by atoms with E-state index in [1.165, 1.54) is 30.3 Å². The molecule has 0 aromatic heterocycles. The first kappa shape index (κ1) is 43.1. The van der Waals surface area contributed by atoms with Crippen molar-refractivity contribution in [2.24, 2.45) is 0 Å². The Morgan fingerprint density at radius 1 is 0.435 bits per heavy atom. The second-order valence-electron chi connectivity index (χ2n) is 14.0. The molecule has 0 N–H and O–H groups in total. The molecule has 14 nitrogen and oxygen atoms in total. The van der Waals surface area contributed by atoms with Crippen LogP contribution >= 0.6 is 0 Å². The van der Waals surface area contributed by atoms with Crippen molar-refractivity contribution in [3.05, 3.63) is 192 Å². The molecule has 62 heavy (non-hydrogen) atoms. The van der Waals surface area contributed by atoms with E-state index in [0.717, 1.165) is 0 Å². The SMILES string of the molecule is C=CCO[C@H]1OC[C@@H](OC(=O)c2ccccc2)[C@H](O[C@@H]2OC[C@@H](OC(=O)c3ccccc3)[C@H](OC(=O)c3ccccc3)[C@H]2OC(=O)c2ccccc2)[C@H]1OC(=O)c1ccccc1. The minimum atomic E-state index is -1.68. The van der Waals surface area contributed by atoms with Crippen LogP contribution in [0.2, 0.25) is 0 Å². The second-order valence-corrected chi connectivity index (χ2v) is 14.0. The van der Waals surface area contributed by atoms with Gasteiger partial charge in [-0.1, -0.05) is 97.1 Å². The maximum atomic E-state index is 13.9. The van der Waals surface area contributed by atoms with E-state index in [-0.39, 0.29) is 41.0 Å². The van der Waals surface area contributed by atoms with Crippen LogP contribution in [-0.4, -0.2) is 98.9 Å². The summed E-state index contributed by atoms with van der Waals surface area (Å²) in [6.07, 6.45) is -10.4. The molecule has 2 heterocycles. The summed E-state index contributed by atoms with van der Waals surface area (Å²) >= 11 is 0. The van der Waals surface area contributed by atoms with Gasteiger partial charge in [0.05, 0.1) is 47.6 Å². The van der Waals surface area contributed by atoms with E-state index < -0.39 is 85.7 Å². The molecule has 14 heteroatoms. The number of esters is 5. The van der Waals surface area contributed by atoms with Crippen LogP contribution in [0.5, 0.6) is 0 Å². The van der Waals surface area contributed by atoms with Crippen LogP contribution in [0.25, 0.3) is 0 Å². The Bertz CT molecular complexity index is 2270. The van der Waals surface area contributed by atoms with E-state index in [9.17, 15) is 24.0 Å². The van der Waals surface area contributed by atoms with Crippen molar-refractivity contribution < 1.29 is 66.6 Å². The van der Waals surface area contributed by atoms with Gasteiger partial charge in [0.1, 0.15) is 6.10 Å². The van der Waals surface area contributed by atoms with Crippen molar-refractivity contribution in [2.45, 2.75) is 49.2 Å². The molecule has 8 atom stereocenters. The summed E-state index contributed by atoms with van der Waals surface area (Å²) in [5.41, 5.74) is 0.835. The maximum absolute atomic E-state index is 13.9. The fraction of sp³-hybridized carbons (Fsp3) is 0.229. The first-order valence-corrected chi connectivity index (χ1v) is 19.7. The highest BCUT2D eigenvalue weighted by atomic mass is 16.8. The number of carbonyl (C=O) groups is 5. The molecule has 2 aliphatic heterocycles. The molecule has 2 fully saturated rings. The Morgan fingerprint density at radius 3 is 1.11 bits per heavy atom. The van der Waals surface area contributed by atoms with Crippen molar-refractivity contribution in [3.63, 3.8) is 0 Å². The molecule has 7 rings (SSSR count). The van der Waals surface area contributed by atoms with Crippen LogP contribution in [0, 0.1) is 0 Å². The number of hydrogen-bond acceptors (Lipinski definition) is 14. The predicted octanol–water partition coefficient (Wildman–Crippen LogP) is 6.41. The van der Waals surface area contributed by atoms with E-state index in [0.29, 0.717) is 0 Å². The van der Waals surface area contributed by atoms with E-state index in [2.05, 4.69) is 6.58 Å². The Hall–Kier alpha value is -6.97. The van der Waals surface area contributed by atoms with Crippen molar-refractivity contribution in [3.8, 4) is 0 Å². The largest absolute Gasteiger partial charge is 0.453 e. The van der Waals surface area contributed by atoms with Crippen LogP contribution in [-0.2, 0) is 42.6 Å². The normalized spacial score (nSPS) is 23.2. The molecule has 5 aromatic rings. The van der Waals surface area contributed by atoms with Crippen LogP contribution < -0.4 is 0 Å². The lowest BCUT2D eigenvalue weighted by Gasteiger charge is -2.45. The summed E-state index contributed by atoms with van der Waals surface area (Å²) in [5.74, 6) is -4.05. The van der Waals surface area contributed by atoms with Gasteiger partial charge < -0.3 is 42.6 Å². The number of hydrogen-bond donors (Lipinski definition) is 0. The maximum Gasteiger partial charge on any atom is 0.338 e. The van der Waals surface area contributed by atoms with Crippen LogP contribution in [0.1, 0.15) is 51.8 Å². The van der Waals surface area contributed by atoms with E-state index in [4.69, 9.17) is 42.6 Å². The fourth-order valence-corrected chi connectivity index (χ4v) is 6.68. The summed E-state index contributed by atoms with van der Waals surface area (Å²) in [5, 5.41) is 0. The van der Waals surface area contributed by atoms with Crippen molar-refractivity contribution in [2.75, 3.05) is 19.8 Å². The van der Waals surface area contributed by atoms with Crippen LogP contribution in [0.4, 0.5) is 0 Å². The minimum Gasteiger partial charge on any atom is -0.453 e. The fourth-order valence-electron chi connectivity index (χ4n) is 6.68. The lowest BCUT2D eigenvalue weighted by atomic mass is 10.0. The van der Waals surface area contributed by atoms with Gasteiger partial charge in [-0.15, -0.1) is 6.58 Å². The van der Waals surface area contributed by atoms with Crippen LogP contribution in [0.3, 0.4) is 0 Å². The molecule has 0 radical (unpaired) electrons. The monoisotopic (exact) mass is 842 g/mol. The third kappa shape index (κ3) is 10.8. The molecule has 0 amide bonds. The van der Waals surface area contributed by atoms with Gasteiger partial charge in [-0.3, -0.25) is 0 Å². The zero-order valence-corrected chi connectivity index (χ0v) is 33.2. The zero-order valence-electron chi connectivity index (χ0n) is 33.2. The summed E-state index contributed by atoms with van der Waals surface area (Å²) < 4.78 is 55.0. The van der Waals surface area contributed by atoms with E-state index in [1.807, 2.05) is 0 Å². The van der Waals surface area contributed by atoms with Gasteiger partial charge in [-0.05, 0) is 60.7 Å². The highest BCUT2D eigenvalue weighted by Crippen LogP contribution is 2.33. The number of carbonyl (C=O) groups excluding carboxylic acids is 5. The van der Waals surface area contributed by atoms with Gasteiger partial charge in [0.2, 0.25) is 0 Å². The summed E-state index contributed by atoms with van der Waals surface area (Å²) in [7, 11) is 0. The first-order valence-electron chi connectivity index (χ1n) is 19.7. The van der Waals surface area contributed by atoms with Gasteiger partial charge >= 0.3 is 29.8 Å². The highest BCUT2D eigenvalue weighted by molar-refractivity contribution is 5.92. The molecule has 0 saturated carbocycles. The minimum absolute atomic E-state index is 0.0472. The Kier molecular flexibility index (Phi) is 14.6. The Labute approximate surface area is 356 Å². The Balaban J connectivity index is 1.29. The lowest BCUT2D eigenvalue weighted by Crippen LogP contribution is -2.63. The van der Waals surface area contributed by atoms with Gasteiger partial charge in [0.25, 0.3) is 0 Å². The first-order chi connectivity index (χ1) is 30.3. The average molecular weight is 843 g/mol. The number of ether oxygens (including phenoxy) is 9. The molecular formula is C48H42O14. The quantitative estimate of drug-likeness (QED) is 0.0644. The topological polar surface area (TPSA) is 168 Å². The molecule has 0 bridgehead atoms. The average Bonchev–Trinajstić information content (AvgIpc) is 3.32. The molecule has 2 saturated heterocycles. The van der Waals surface area contributed by atoms with Crippen molar-refractivity contribution >= 4 is 29.8 Å². The Morgan fingerprint density at radius 2 is 0.742 bits per heavy atom. The van der Waals surface area contributed by atoms with Crippen LogP contribution in [0.15, 0.2) is 164 Å². The third-order valence-electron chi connectivity index (χ3n) is 9.73. The molecular weight excluding hydrogens is 801 g/mol. The van der Waals surface area contributed by atoms with E-state index in [1.54, 1.807) is 127 Å². The summed E-state index contributed by atoms with van der Waals surface area (Å²) in [6.45, 7) is 2.89. The number of rotatable bonds is 15. The molecule has 2 aliphatic rings. The van der Waals surface area contributed by atoms with Gasteiger partial charge in [-0.25, -0.2) is 24.0 Å². The van der Waals surface area contributed by atoms with E-state index >= 15 is 0 Å². The molecule has 0 unspecified atom stereocenters. The van der Waals surface area contributed by atoms with Gasteiger partial charge in [-0.2, -0.15) is 0 Å². The number of benzene rings is 5. The second kappa shape index (κ2) is 21.0. The summed E-state index contributed by atoms with van der Waals surface area (Å²) in [6, 6.07) is 40.4. The summed E-state index contributed by atoms with van der Waals surface area (Å²) in [4.78, 5) is 68.6. The molecule has 0 aliphatic carbocycles. The van der Waals surface area contributed by atoms with Crippen molar-refractivity contribution in [1.29, 1.82) is 0 Å². The van der Waals surface area contributed by atoms with Gasteiger partial charge in [0, 0.05) is 0 Å². The lowest BCUT2D eigenvalue weighted by molar-refractivity contribution is -0.330. The smallest absolute Gasteiger partial charge is 0.338 e. The van der Waals surface area contributed by atoms with Crippen molar-refractivity contribution in [1.82, 2.24) is 0 Å². The zero-order chi connectivity index (χ0) is 43.3. The van der Waals surface area contributed by atoms with Gasteiger partial charge in [0.15, 0.2) is 43.1 Å². The standard InChI is InChI=1S/C48H42O14/c1-2-28-54-47-40(60-45(52)34-24-14-6-15-25-34)39(37(29-55-47)58-43(50)32-20-10-4-11-21-32)62-48-41(61-46(53)35-26-16-7-17-27-35)38(59-44(51)33-22-12-5-13-23-33)36(30-56-48)57-42(49)31-18-8-3-9-19-31/h2-27,36-41,47-48H,1,28-30H2/t36-,37-,38+,39+,40-,41-,47+,48+/m1/s1. The third-order valence-corrected chi connectivity index (χ3v) is 9.73.